The molecule has 1 N–H and O–H groups in total. The number of alkyl halides is 1. The molecular formula is C30H41ClO12. The van der Waals surface area contributed by atoms with Crippen molar-refractivity contribution in [2.45, 2.75) is 115 Å². The van der Waals surface area contributed by atoms with E-state index >= 15 is 0 Å². The first-order valence-corrected chi connectivity index (χ1v) is 15.0. The van der Waals surface area contributed by atoms with Crippen molar-refractivity contribution >= 4 is 41.4 Å². The lowest BCUT2D eigenvalue weighted by Gasteiger charge is -2.58. The lowest BCUT2D eigenvalue weighted by atomic mass is 9.51. The molecule has 2 aliphatic heterocycles. The topological polar surface area (TPSA) is 164 Å². The van der Waals surface area contributed by atoms with Gasteiger partial charge in [-0.1, -0.05) is 32.9 Å². The van der Waals surface area contributed by atoms with Crippen molar-refractivity contribution in [1.82, 2.24) is 0 Å². The van der Waals surface area contributed by atoms with Gasteiger partial charge in [0, 0.05) is 33.1 Å². The van der Waals surface area contributed by atoms with Crippen LogP contribution >= 0.6 is 11.6 Å². The van der Waals surface area contributed by atoms with Crippen molar-refractivity contribution in [3.63, 3.8) is 0 Å². The molecule has 4 fully saturated rings. The minimum atomic E-state index is -2.26. The number of hydrogen-bond donors (Lipinski definition) is 1. The maximum absolute atomic E-state index is 13.2. The number of rotatable bonds is 5. The molecule has 1 spiro atoms. The Balaban J connectivity index is 2.06. The molecule has 2 aliphatic carbocycles. The molecule has 0 amide bonds. The highest BCUT2D eigenvalue weighted by Gasteiger charge is 2.78. The fourth-order valence-corrected chi connectivity index (χ4v) is 7.61. The van der Waals surface area contributed by atoms with Crippen LogP contribution in [0.3, 0.4) is 0 Å². The molecule has 4 aliphatic rings. The molecule has 2 saturated carbocycles. The molecule has 12 nitrogen and oxygen atoms in total. The van der Waals surface area contributed by atoms with Crippen molar-refractivity contribution in [2.24, 2.45) is 23.2 Å². The van der Waals surface area contributed by atoms with Crippen LogP contribution in [-0.4, -0.2) is 88.7 Å². The molecule has 0 aromatic carbocycles. The van der Waals surface area contributed by atoms with E-state index in [4.69, 9.17) is 40.0 Å². The summed E-state index contributed by atoms with van der Waals surface area (Å²) >= 11 is 6.83. The average molecular weight is 629 g/mol. The monoisotopic (exact) mass is 628 g/mol. The number of carbonyl (C=O) groups excluding carboxylic acids is 5. The number of halogens is 1. The normalized spacial score (nSPS) is 42.3. The van der Waals surface area contributed by atoms with Gasteiger partial charge in [-0.3, -0.25) is 24.0 Å². The second kappa shape index (κ2) is 11.7. The average Bonchev–Trinajstić information content (AvgIpc) is 3.65. The van der Waals surface area contributed by atoms with Crippen LogP contribution in [0.15, 0.2) is 12.2 Å². The Morgan fingerprint density at radius 2 is 1.56 bits per heavy atom. The number of carbonyl (C=O) groups is 5. The van der Waals surface area contributed by atoms with Gasteiger partial charge in [0.2, 0.25) is 0 Å². The van der Waals surface area contributed by atoms with Gasteiger partial charge >= 0.3 is 29.8 Å². The number of epoxide rings is 1. The molecular weight excluding hydrogens is 588 g/mol. The van der Waals surface area contributed by atoms with Gasteiger partial charge in [-0.25, -0.2) is 0 Å². The summed E-state index contributed by atoms with van der Waals surface area (Å²) < 4.78 is 35.4. The van der Waals surface area contributed by atoms with Crippen LogP contribution in [0.1, 0.15) is 67.7 Å². The third kappa shape index (κ3) is 5.55. The summed E-state index contributed by atoms with van der Waals surface area (Å²) in [5.74, 6) is -6.39. The predicted octanol–water partition coefficient (Wildman–Crippen LogP) is 2.39. The molecule has 4 rings (SSSR count). The predicted molar refractivity (Wildman–Crippen MR) is 148 cm³/mol. The molecule has 240 valence electrons. The molecule has 11 atom stereocenters. The van der Waals surface area contributed by atoms with Crippen LogP contribution in [0.4, 0.5) is 0 Å². The summed E-state index contributed by atoms with van der Waals surface area (Å²) in [5.41, 5.74) is -4.69. The van der Waals surface area contributed by atoms with Crippen LogP contribution in [0.5, 0.6) is 0 Å². The van der Waals surface area contributed by atoms with E-state index in [1.54, 1.807) is 20.8 Å². The zero-order valence-electron chi connectivity index (χ0n) is 25.5. The fourth-order valence-electron chi connectivity index (χ4n) is 7.25. The molecule has 0 radical (unpaired) electrons. The van der Waals surface area contributed by atoms with Gasteiger partial charge in [-0.05, 0) is 19.8 Å². The van der Waals surface area contributed by atoms with E-state index in [-0.39, 0.29) is 25.9 Å². The van der Waals surface area contributed by atoms with E-state index in [2.05, 4.69) is 6.58 Å². The van der Waals surface area contributed by atoms with Crippen molar-refractivity contribution < 1.29 is 57.5 Å². The van der Waals surface area contributed by atoms with E-state index in [1.807, 2.05) is 0 Å². The highest BCUT2D eigenvalue weighted by molar-refractivity contribution is 6.23. The maximum atomic E-state index is 13.2. The minimum Gasteiger partial charge on any atom is -0.462 e. The van der Waals surface area contributed by atoms with Gasteiger partial charge in [0.15, 0.2) is 11.7 Å². The number of hydrogen-bond acceptors (Lipinski definition) is 12. The zero-order chi connectivity index (χ0) is 32.2. The van der Waals surface area contributed by atoms with Gasteiger partial charge in [0.05, 0.1) is 29.2 Å². The fraction of sp³-hybridized carbons (Fsp3) is 0.767. The molecule has 0 unspecified atom stereocenters. The van der Waals surface area contributed by atoms with E-state index in [9.17, 15) is 29.1 Å². The second-order valence-corrected chi connectivity index (χ2v) is 13.2. The Hall–Kier alpha value is -2.70. The van der Waals surface area contributed by atoms with Crippen molar-refractivity contribution in [2.75, 3.05) is 6.61 Å². The largest absolute Gasteiger partial charge is 0.462 e. The standard InChI is InChI=1S/C30H41ClO12/c1-13(2)26(35)42-19-10-9-14(3)22(31)24-30(37,15(4)27(36)43-24)25(41-18(7)34)23-28(19,8)20(39-16(5)32)11-21(40-17(6)33)29(23)12-38-29/h13,15,19-25,37H,3,9-12H2,1-2,4-8H3/t15-,19-,20-,21+,22-,23+,24-,25-,28-,29+,30-/m0/s1. The van der Waals surface area contributed by atoms with Crippen LogP contribution in [-0.2, 0) is 52.4 Å². The number of ether oxygens (including phenoxy) is 6. The van der Waals surface area contributed by atoms with Crippen molar-refractivity contribution in [3.05, 3.63) is 12.2 Å². The van der Waals surface area contributed by atoms with Crippen molar-refractivity contribution in [3.8, 4) is 0 Å². The Labute approximate surface area is 255 Å². The van der Waals surface area contributed by atoms with E-state index in [1.165, 1.54) is 20.8 Å². The number of aliphatic hydroxyl groups is 1. The first-order chi connectivity index (χ1) is 19.9. The summed E-state index contributed by atoms with van der Waals surface area (Å²) in [6.45, 7) is 14.1. The van der Waals surface area contributed by atoms with Crippen LogP contribution in [0.2, 0.25) is 0 Å². The zero-order valence-corrected chi connectivity index (χ0v) is 26.3. The number of fused-ring (bicyclic) bond motifs is 3. The summed E-state index contributed by atoms with van der Waals surface area (Å²) in [6.07, 6.45) is -5.86. The van der Waals surface area contributed by atoms with Gasteiger partial charge < -0.3 is 33.5 Å². The first kappa shape index (κ1) is 33.2. The summed E-state index contributed by atoms with van der Waals surface area (Å²) in [6, 6.07) is 0. The van der Waals surface area contributed by atoms with Gasteiger partial charge in [-0.2, -0.15) is 0 Å². The minimum absolute atomic E-state index is 0.00154. The van der Waals surface area contributed by atoms with Crippen LogP contribution < -0.4 is 0 Å². The van der Waals surface area contributed by atoms with Gasteiger partial charge in [0.1, 0.15) is 30.0 Å². The third-order valence-electron chi connectivity index (χ3n) is 9.56. The summed E-state index contributed by atoms with van der Waals surface area (Å²) in [4.78, 5) is 63.9. The Morgan fingerprint density at radius 3 is 2.07 bits per heavy atom. The van der Waals surface area contributed by atoms with E-state index in [0.29, 0.717) is 5.57 Å². The Bertz CT molecular complexity index is 1200. The highest BCUT2D eigenvalue weighted by atomic mass is 35.5. The number of esters is 5. The summed E-state index contributed by atoms with van der Waals surface area (Å²) in [5, 5.41) is 11.5. The Kier molecular flexibility index (Phi) is 9.01. The SMILES string of the molecule is C=C1CC[C@H](OC(=O)C(C)C)[C@@]2(C)[C@@H](OC(C)=O)C[C@@H](OC(C)=O)[C@]3(CO3)[C@@H]2[C@H](OC(C)=O)[C@]2(O)[C@@H](C)C(=O)O[C@H]2[C@H]1Cl. The molecule has 43 heavy (non-hydrogen) atoms. The van der Waals surface area contributed by atoms with Crippen LogP contribution in [0, 0.1) is 23.2 Å². The third-order valence-corrected chi connectivity index (χ3v) is 10.1. The quantitative estimate of drug-likeness (QED) is 0.156. The molecule has 13 heteroatoms. The van der Waals surface area contributed by atoms with E-state index in [0.717, 1.165) is 6.92 Å². The Morgan fingerprint density at radius 1 is 1.00 bits per heavy atom. The van der Waals surface area contributed by atoms with Crippen LogP contribution in [0.25, 0.3) is 0 Å². The molecule has 2 heterocycles. The first-order valence-electron chi connectivity index (χ1n) is 14.5. The second-order valence-electron chi connectivity index (χ2n) is 12.7. The smallest absolute Gasteiger partial charge is 0.312 e. The molecule has 2 saturated heterocycles. The lowest BCUT2D eigenvalue weighted by Crippen LogP contribution is -2.72. The maximum Gasteiger partial charge on any atom is 0.312 e. The highest BCUT2D eigenvalue weighted by Crippen LogP contribution is 2.63. The van der Waals surface area contributed by atoms with Gasteiger partial charge in [-0.15, -0.1) is 11.6 Å². The molecule has 0 aromatic heterocycles. The van der Waals surface area contributed by atoms with E-state index < -0.39 is 100 Å². The van der Waals surface area contributed by atoms with Gasteiger partial charge in [0.25, 0.3) is 0 Å². The van der Waals surface area contributed by atoms with Crippen molar-refractivity contribution in [1.29, 1.82) is 0 Å². The molecule has 0 bridgehead atoms. The summed E-state index contributed by atoms with van der Waals surface area (Å²) in [7, 11) is 0. The lowest BCUT2D eigenvalue weighted by molar-refractivity contribution is -0.260. The molecule has 0 aromatic rings.